The lowest BCUT2D eigenvalue weighted by molar-refractivity contribution is -0.131. The van der Waals surface area contributed by atoms with Crippen molar-refractivity contribution in [1.82, 2.24) is 29.6 Å². The summed E-state index contributed by atoms with van der Waals surface area (Å²) in [7, 11) is 0. The highest BCUT2D eigenvalue weighted by Crippen LogP contribution is 2.26. The van der Waals surface area contributed by atoms with Crippen LogP contribution in [-0.4, -0.2) is 98.6 Å². The Kier molecular flexibility index (Phi) is 14.3. The van der Waals surface area contributed by atoms with E-state index < -0.39 is 0 Å². The second-order valence-electron chi connectivity index (χ2n) is 16.1. The Morgan fingerprint density at radius 1 is 0.667 bits per heavy atom. The number of hydrogen-bond donors (Lipinski definition) is 2. The largest absolute Gasteiger partial charge is 0.398 e. The molecule has 8 rings (SSSR count). The molecule has 2 saturated heterocycles. The average Bonchev–Trinajstić information content (AvgIpc) is 3.26. The van der Waals surface area contributed by atoms with Crippen molar-refractivity contribution in [3.63, 3.8) is 0 Å². The number of piperazine rings is 2. The number of nitrogens with two attached hydrogens (primary N) is 1. The van der Waals surface area contributed by atoms with Crippen molar-refractivity contribution in [3.8, 4) is 0 Å². The molecule has 2 aromatic heterocycles. The summed E-state index contributed by atoms with van der Waals surface area (Å²) in [5.74, 6) is -0.733. The second-order valence-corrected chi connectivity index (χ2v) is 16.1. The van der Waals surface area contributed by atoms with Crippen molar-refractivity contribution in [2.24, 2.45) is 0 Å². The van der Waals surface area contributed by atoms with E-state index in [4.69, 9.17) is 5.73 Å². The lowest BCUT2D eigenvalue weighted by Gasteiger charge is -2.39. The molecule has 2 aliphatic rings. The molecule has 63 heavy (non-hydrogen) atoms. The maximum Gasteiger partial charge on any atom is 0.246 e. The van der Waals surface area contributed by atoms with Crippen LogP contribution in [0, 0.1) is 11.6 Å². The SMILES string of the molecule is CC(=O)Nc1cc2cccnc2cc1/C=C/C(=O)N1CCN(Cc2ccc(F)cc2)C[C@H]1C.C[C@@H]1CN(Cc2ccc(F)cc2)CCN1C(=O)/C=C/c1cc2ncccc2cc1N. The maximum absolute atomic E-state index is 13.1. The van der Waals surface area contributed by atoms with Gasteiger partial charge in [0, 0.05) is 124 Å². The molecule has 6 aromatic rings. The van der Waals surface area contributed by atoms with Crippen molar-refractivity contribution in [2.45, 2.75) is 45.9 Å². The number of nitrogens with zero attached hydrogens (tertiary/aromatic N) is 6. The summed E-state index contributed by atoms with van der Waals surface area (Å²) in [6, 6.07) is 28.4. The molecule has 13 heteroatoms. The molecule has 2 aliphatic heterocycles. The molecule has 2 atom stereocenters. The third-order valence-electron chi connectivity index (χ3n) is 11.3. The molecule has 0 radical (unpaired) electrons. The third kappa shape index (κ3) is 11.8. The van der Waals surface area contributed by atoms with Crippen molar-refractivity contribution in [2.75, 3.05) is 50.3 Å². The number of nitrogens with one attached hydrogen (secondary N) is 1. The summed E-state index contributed by atoms with van der Waals surface area (Å²) in [4.78, 5) is 54.4. The Bertz CT molecular complexity index is 2640. The van der Waals surface area contributed by atoms with Gasteiger partial charge in [-0.25, -0.2) is 8.78 Å². The molecule has 0 unspecified atom stereocenters. The Hall–Kier alpha value is -6.83. The Balaban J connectivity index is 0.000000190. The number of anilines is 2. The van der Waals surface area contributed by atoms with Crippen LogP contribution in [0.3, 0.4) is 0 Å². The van der Waals surface area contributed by atoms with Crippen molar-refractivity contribution in [1.29, 1.82) is 0 Å². The molecule has 11 nitrogen and oxygen atoms in total. The number of nitrogen functional groups attached to an aromatic ring is 1. The van der Waals surface area contributed by atoms with E-state index in [0.29, 0.717) is 24.5 Å². The molecule has 3 amide bonds. The van der Waals surface area contributed by atoms with Gasteiger partial charge >= 0.3 is 0 Å². The van der Waals surface area contributed by atoms with Crippen molar-refractivity contribution < 1.29 is 23.2 Å². The average molecular weight is 851 g/mol. The van der Waals surface area contributed by atoms with Gasteiger partial charge in [0.1, 0.15) is 11.6 Å². The fourth-order valence-corrected chi connectivity index (χ4v) is 8.09. The van der Waals surface area contributed by atoms with Gasteiger partial charge in [-0.2, -0.15) is 0 Å². The van der Waals surface area contributed by atoms with E-state index in [2.05, 4.69) is 32.0 Å². The Labute approximate surface area is 366 Å². The van der Waals surface area contributed by atoms with E-state index in [0.717, 1.165) is 83.3 Å². The number of carbonyl (C=O) groups is 3. The quantitative estimate of drug-likeness (QED) is 0.112. The van der Waals surface area contributed by atoms with Crippen LogP contribution in [0.1, 0.15) is 43.0 Å². The summed E-state index contributed by atoms with van der Waals surface area (Å²) in [6.07, 6.45) is 10.1. The number of halogens is 2. The van der Waals surface area contributed by atoms with Gasteiger partial charge in [0.15, 0.2) is 0 Å². The van der Waals surface area contributed by atoms with Gasteiger partial charge in [-0.15, -0.1) is 0 Å². The van der Waals surface area contributed by atoms with Crippen LogP contribution in [0.25, 0.3) is 34.0 Å². The van der Waals surface area contributed by atoms with Crippen LogP contribution in [0.5, 0.6) is 0 Å². The maximum atomic E-state index is 13.1. The van der Waals surface area contributed by atoms with Crippen molar-refractivity contribution in [3.05, 3.63) is 155 Å². The first kappa shape index (κ1) is 44.2. The van der Waals surface area contributed by atoms with E-state index >= 15 is 0 Å². The first-order valence-electron chi connectivity index (χ1n) is 21.1. The summed E-state index contributed by atoms with van der Waals surface area (Å²) >= 11 is 0. The van der Waals surface area contributed by atoms with E-state index in [-0.39, 0.29) is 41.4 Å². The zero-order chi connectivity index (χ0) is 44.5. The van der Waals surface area contributed by atoms with Crippen LogP contribution < -0.4 is 11.1 Å². The van der Waals surface area contributed by atoms with E-state index in [1.54, 1.807) is 48.8 Å². The summed E-state index contributed by atoms with van der Waals surface area (Å²) < 4.78 is 26.2. The molecule has 324 valence electrons. The topological polar surface area (TPSA) is 128 Å². The molecular formula is C50H52F2N8O3. The number of fused-ring (bicyclic) bond motifs is 2. The molecule has 0 aliphatic carbocycles. The molecule has 4 aromatic carbocycles. The Morgan fingerprint density at radius 2 is 1.13 bits per heavy atom. The molecular weight excluding hydrogens is 799 g/mol. The third-order valence-corrected chi connectivity index (χ3v) is 11.3. The van der Waals surface area contributed by atoms with Gasteiger partial charge in [-0.1, -0.05) is 36.4 Å². The Morgan fingerprint density at radius 3 is 1.60 bits per heavy atom. The van der Waals surface area contributed by atoms with Crippen LogP contribution in [-0.2, 0) is 27.5 Å². The summed E-state index contributed by atoms with van der Waals surface area (Å²) in [6.45, 7) is 11.3. The van der Waals surface area contributed by atoms with Crippen LogP contribution in [0.2, 0.25) is 0 Å². The smallest absolute Gasteiger partial charge is 0.246 e. The van der Waals surface area contributed by atoms with Gasteiger partial charge in [0.2, 0.25) is 17.7 Å². The minimum atomic E-state index is -0.238. The number of hydrogen-bond acceptors (Lipinski definition) is 8. The molecule has 0 bridgehead atoms. The summed E-state index contributed by atoms with van der Waals surface area (Å²) in [5, 5.41) is 4.73. The number of benzene rings is 4. The number of pyridine rings is 2. The van der Waals surface area contributed by atoms with Gasteiger partial charge in [-0.3, -0.25) is 34.2 Å². The van der Waals surface area contributed by atoms with Crippen LogP contribution in [0.4, 0.5) is 20.2 Å². The molecule has 3 N–H and O–H groups in total. The fraction of sp³-hybridized carbons (Fsp3) is 0.260. The van der Waals surface area contributed by atoms with Gasteiger partial charge in [0.25, 0.3) is 0 Å². The van der Waals surface area contributed by atoms with Gasteiger partial charge in [0.05, 0.1) is 11.0 Å². The van der Waals surface area contributed by atoms with E-state index in [1.807, 2.05) is 77.4 Å². The highest BCUT2D eigenvalue weighted by Gasteiger charge is 2.27. The molecule has 2 fully saturated rings. The first-order valence-corrected chi connectivity index (χ1v) is 21.1. The lowest BCUT2D eigenvalue weighted by Crippen LogP contribution is -2.53. The van der Waals surface area contributed by atoms with Crippen LogP contribution >= 0.6 is 0 Å². The fourth-order valence-electron chi connectivity index (χ4n) is 8.09. The number of aromatic nitrogens is 2. The van der Waals surface area contributed by atoms with Gasteiger partial charge in [-0.05, 0) is 103 Å². The molecule has 4 heterocycles. The number of carbonyl (C=O) groups excluding carboxylic acids is 3. The highest BCUT2D eigenvalue weighted by molar-refractivity contribution is 5.99. The normalized spacial score (nSPS) is 17.3. The van der Waals surface area contributed by atoms with Crippen molar-refractivity contribution >= 4 is 63.1 Å². The summed E-state index contributed by atoms with van der Waals surface area (Å²) in [5.41, 5.74) is 12.7. The molecule has 0 saturated carbocycles. The second kappa shape index (κ2) is 20.4. The zero-order valence-corrected chi connectivity index (χ0v) is 35.8. The predicted molar refractivity (Wildman–Crippen MR) is 246 cm³/mol. The number of rotatable bonds is 9. The minimum Gasteiger partial charge on any atom is -0.398 e. The monoisotopic (exact) mass is 850 g/mol. The predicted octanol–water partition coefficient (Wildman–Crippen LogP) is 7.78. The minimum absolute atomic E-state index is 0.0237. The lowest BCUT2D eigenvalue weighted by atomic mass is 10.1. The zero-order valence-electron chi connectivity index (χ0n) is 35.8. The van der Waals surface area contributed by atoms with Gasteiger partial charge < -0.3 is 20.9 Å². The van der Waals surface area contributed by atoms with E-state index in [9.17, 15) is 23.2 Å². The van der Waals surface area contributed by atoms with E-state index in [1.165, 1.54) is 31.2 Å². The first-order chi connectivity index (χ1) is 30.4. The number of amides is 3. The molecule has 0 spiro atoms. The highest BCUT2D eigenvalue weighted by atomic mass is 19.1. The van der Waals surface area contributed by atoms with Crippen LogP contribution in [0.15, 0.2) is 122 Å². The standard InChI is InChI=1S/C26H27FN4O2.C24H25FN4O/c1-18-16-30(17-20-5-8-23(27)9-6-20)12-13-31(18)26(33)10-7-22-14-24-21(4-3-11-28-24)15-25(22)29-19(2)32;1-17-15-28(16-18-4-7-21(25)8-5-18)11-12-29(17)24(30)9-6-19-14-23-20(13-22(19)26)3-2-10-27-23/h3-11,14-15,18H,12-13,16-17H2,1-2H3,(H,29,32);2-10,13-14,17H,11-12,15-16,26H2,1H3/b10-7+;9-6+/t18-;17-/m11/s1.